The molecule has 17 heavy (non-hydrogen) atoms. The van der Waals surface area contributed by atoms with Gasteiger partial charge in [0.2, 0.25) is 11.7 Å². The van der Waals surface area contributed by atoms with Crippen molar-refractivity contribution >= 4 is 0 Å². The molecule has 0 spiro atoms. The molecule has 0 saturated carbocycles. The second-order valence-electron chi connectivity index (χ2n) is 3.56. The van der Waals surface area contributed by atoms with Gasteiger partial charge in [0, 0.05) is 13.0 Å². The summed E-state index contributed by atoms with van der Waals surface area (Å²) in [6, 6.07) is 9.56. The molecule has 1 aromatic heterocycles. The molecule has 5 heteroatoms. The minimum atomic E-state index is 0.326. The Bertz CT molecular complexity index is 442. The molecule has 0 saturated heterocycles. The first-order valence-corrected chi connectivity index (χ1v) is 5.52. The number of likely N-dealkylation sites (N-methyl/N-ethyl adjacent to an activating group) is 1. The van der Waals surface area contributed by atoms with E-state index in [1.54, 1.807) is 0 Å². The van der Waals surface area contributed by atoms with Crippen molar-refractivity contribution in [3.05, 3.63) is 42.0 Å². The normalized spacial score (nSPS) is 10.4. The molecule has 0 aliphatic rings. The summed E-state index contributed by atoms with van der Waals surface area (Å²) in [7, 11) is 1.88. The lowest BCUT2D eigenvalue weighted by Gasteiger charge is -2.01. The lowest BCUT2D eigenvalue weighted by atomic mass is 10.3. The summed E-state index contributed by atoms with van der Waals surface area (Å²) in [5, 5.41) is 6.87. The summed E-state index contributed by atoms with van der Waals surface area (Å²) >= 11 is 0. The van der Waals surface area contributed by atoms with Crippen LogP contribution in [0.3, 0.4) is 0 Å². The maximum Gasteiger partial charge on any atom is 0.228 e. The summed E-state index contributed by atoms with van der Waals surface area (Å²) in [6.07, 6.45) is 0.731. The number of hydrogen-bond acceptors (Lipinski definition) is 5. The molecule has 5 nitrogen and oxygen atoms in total. The van der Waals surface area contributed by atoms with Crippen molar-refractivity contribution in [1.29, 1.82) is 0 Å². The van der Waals surface area contributed by atoms with E-state index in [1.165, 1.54) is 0 Å². The third kappa shape index (κ3) is 3.57. The largest absolute Gasteiger partial charge is 0.485 e. The van der Waals surface area contributed by atoms with Crippen LogP contribution in [0.4, 0.5) is 0 Å². The molecule has 1 aromatic carbocycles. The van der Waals surface area contributed by atoms with Crippen LogP contribution in [0, 0.1) is 0 Å². The molecule has 0 radical (unpaired) electrons. The van der Waals surface area contributed by atoms with Crippen molar-refractivity contribution in [2.45, 2.75) is 13.0 Å². The molecule has 0 unspecified atom stereocenters. The summed E-state index contributed by atoms with van der Waals surface area (Å²) in [6.45, 7) is 1.15. The predicted molar refractivity (Wildman–Crippen MR) is 62.7 cm³/mol. The molecule has 0 fully saturated rings. The van der Waals surface area contributed by atoms with E-state index in [9.17, 15) is 0 Å². The number of aromatic nitrogens is 2. The molecule has 90 valence electrons. The maximum atomic E-state index is 5.51. The van der Waals surface area contributed by atoms with Crippen LogP contribution in [0.25, 0.3) is 0 Å². The van der Waals surface area contributed by atoms with Crippen LogP contribution >= 0.6 is 0 Å². The van der Waals surface area contributed by atoms with Crippen molar-refractivity contribution in [3.63, 3.8) is 0 Å². The van der Waals surface area contributed by atoms with Crippen molar-refractivity contribution in [2.75, 3.05) is 13.6 Å². The van der Waals surface area contributed by atoms with Crippen LogP contribution < -0.4 is 10.1 Å². The standard InChI is InChI=1S/C12H15N3O2/c1-13-8-7-12-14-11(15-17-12)9-16-10-5-3-2-4-6-10/h2-6,13H,7-9H2,1H3. The average molecular weight is 233 g/mol. The van der Waals surface area contributed by atoms with Crippen LogP contribution in [0.15, 0.2) is 34.9 Å². The van der Waals surface area contributed by atoms with E-state index in [2.05, 4.69) is 15.5 Å². The Morgan fingerprint density at radius 3 is 2.88 bits per heavy atom. The van der Waals surface area contributed by atoms with Crippen LogP contribution in [0.5, 0.6) is 5.75 Å². The van der Waals surface area contributed by atoms with Crippen LogP contribution in [-0.4, -0.2) is 23.7 Å². The highest BCUT2D eigenvalue weighted by Crippen LogP contribution is 2.10. The second-order valence-corrected chi connectivity index (χ2v) is 3.56. The van der Waals surface area contributed by atoms with E-state index in [1.807, 2.05) is 37.4 Å². The molecule has 0 amide bonds. The number of para-hydroxylation sites is 1. The zero-order valence-electron chi connectivity index (χ0n) is 9.72. The summed E-state index contributed by atoms with van der Waals surface area (Å²) in [5.41, 5.74) is 0. The third-order valence-corrected chi connectivity index (χ3v) is 2.21. The van der Waals surface area contributed by atoms with Gasteiger partial charge in [-0.1, -0.05) is 23.4 Å². The first-order chi connectivity index (χ1) is 8.38. The molecule has 1 heterocycles. The number of hydrogen-bond donors (Lipinski definition) is 1. The van der Waals surface area contributed by atoms with Gasteiger partial charge in [-0.15, -0.1) is 0 Å². The van der Waals surface area contributed by atoms with E-state index in [0.717, 1.165) is 18.7 Å². The van der Waals surface area contributed by atoms with Crippen LogP contribution in [0.1, 0.15) is 11.7 Å². The van der Waals surface area contributed by atoms with Crippen LogP contribution in [-0.2, 0) is 13.0 Å². The summed E-state index contributed by atoms with van der Waals surface area (Å²) in [5.74, 6) is 2.00. The fourth-order valence-electron chi connectivity index (χ4n) is 1.35. The van der Waals surface area contributed by atoms with Gasteiger partial charge in [-0.2, -0.15) is 4.98 Å². The van der Waals surface area contributed by atoms with E-state index in [0.29, 0.717) is 18.3 Å². The SMILES string of the molecule is CNCCc1nc(COc2ccccc2)no1. The topological polar surface area (TPSA) is 60.2 Å². The molecular formula is C12H15N3O2. The second kappa shape index (κ2) is 6.00. The van der Waals surface area contributed by atoms with Gasteiger partial charge in [0.15, 0.2) is 6.61 Å². The molecule has 0 aliphatic carbocycles. The summed E-state index contributed by atoms with van der Waals surface area (Å²) < 4.78 is 10.6. The average Bonchev–Trinajstić information content (AvgIpc) is 2.83. The molecule has 0 atom stereocenters. The minimum absolute atomic E-state index is 0.326. The van der Waals surface area contributed by atoms with Gasteiger partial charge >= 0.3 is 0 Å². The Hall–Kier alpha value is -1.88. The molecule has 1 N–H and O–H groups in total. The van der Waals surface area contributed by atoms with Gasteiger partial charge < -0.3 is 14.6 Å². The monoisotopic (exact) mass is 233 g/mol. The fraction of sp³-hybridized carbons (Fsp3) is 0.333. The van der Waals surface area contributed by atoms with Crippen molar-refractivity contribution in [2.24, 2.45) is 0 Å². The highest BCUT2D eigenvalue weighted by Gasteiger charge is 2.06. The van der Waals surface area contributed by atoms with Gasteiger partial charge in [0.25, 0.3) is 0 Å². The number of ether oxygens (including phenoxy) is 1. The first kappa shape index (κ1) is 11.6. The lowest BCUT2D eigenvalue weighted by molar-refractivity contribution is 0.285. The minimum Gasteiger partial charge on any atom is -0.485 e. The highest BCUT2D eigenvalue weighted by molar-refractivity contribution is 5.20. The van der Waals surface area contributed by atoms with Gasteiger partial charge in [0.05, 0.1) is 0 Å². The molecule has 2 aromatic rings. The van der Waals surface area contributed by atoms with Gasteiger partial charge in [-0.05, 0) is 19.2 Å². The van der Waals surface area contributed by atoms with E-state index in [4.69, 9.17) is 9.26 Å². The Morgan fingerprint density at radius 1 is 1.29 bits per heavy atom. The van der Waals surface area contributed by atoms with Gasteiger partial charge in [-0.3, -0.25) is 0 Å². The van der Waals surface area contributed by atoms with Gasteiger partial charge in [0.1, 0.15) is 5.75 Å². The van der Waals surface area contributed by atoms with Crippen molar-refractivity contribution in [1.82, 2.24) is 15.5 Å². The highest BCUT2D eigenvalue weighted by atomic mass is 16.5. The Kier molecular flexibility index (Phi) is 4.10. The number of rotatable bonds is 6. The quantitative estimate of drug-likeness (QED) is 0.817. The Morgan fingerprint density at radius 2 is 2.12 bits per heavy atom. The van der Waals surface area contributed by atoms with Crippen LogP contribution in [0.2, 0.25) is 0 Å². The van der Waals surface area contributed by atoms with Crippen molar-refractivity contribution < 1.29 is 9.26 Å². The maximum absolute atomic E-state index is 5.51. The molecular weight excluding hydrogens is 218 g/mol. The van der Waals surface area contributed by atoms with E-state index >= 15 is 0 Å². The Labute approximate surface area is 99.8 Å². The smallest absolute Gasteiger partial charge is 0.228 e. The summed E-state index contributed by atoms with van der Waals surface area (Å²) in [4.78, 5) is 4.22. The van der Waals surface area contributed by atoms with E-state index < -0.39 is 0 Å². The van der Waals surface area contributed by atoms with E-state index in [-0.39, 0.29) is 0 Å². The third-order valence-electron chi connectivity index (χ3n) is 2.21. The number of nitrogens with one attached hydrogen (secondary N) is 1. The molecule has 2 rings (SSSR count). The number of nitrogens with zero attached hydrogens (tertiary/aromatic N) is 2. The zero-order chi connectivity index (χ0) is 11.9. The fourth-order valence-corrected chi connectivity index (χ4v) is 1.35. The lowest BCUT2D eigenvalue weighted by Crippen LogP contribution is -2.10. The Balaban J connectivity index is 1.85. The molecule has 0 aliphatic heterocycles. The first-order valence-electron chi connectivity index (χ1n) is 5.52. The predicted octanol–water partition coefficient (Wildman–Crippen LogP) is 1.41. The van der Waals surface area contributed by atoms with Crippen molar-refractivity contribution in [3.8, 4) is 5.75 Å². The molecule has 0 bridgehead atoms. The number of benzene rings is 1. The zero-order valence-corrected chi connectivity index (χ0v) is 9.72. The van der Waals surface area contributed by atoms with Gasteiger partial charge in [-0.25, -0.2) is 0 Å².